The molecule has 1 aliphatic rings. The van der Waals surface area contributed by atoms with Crippen molar-refractivity contribution in [2.45, 2.75) is 83.5 Å². The molecule has 0 spiro atoms. The number of cyclic esters (lactones) is 2. The topological polar surface area (TPSA) is 52.6 Å². The Morgan fingerprint density at radius 3 is 1.24 bits per heavy atom. The summed E-state index contributed by atoms with van der Waals surface area (Å²) >= 11 is 0. The summed E-state index contributed by atoms with van der Waals surface area (Å²) in [5, 5.41) is 0. The van der Waals surface area contributed by atoms with E-state index in [4.69, 9.17) is 9.47 Å². The molecule has 0 amide bonds. The van der Waals surface area contributed by atoms with E-state index in [9.17, 15) is 9.59 Å². The highest BCUT2D eigenvalue weighted by Crippen LogP contribution is 2.11. The first-order valence-corrected chi connectivity index (χ1v) is 8.60. The third-order valence-corrected chi connectivity index (χ3v) is 3.83. The first kappa shape index (κ1) is 18.0. The van der Waals surface area contributed by atoms with E-state index in [1.165, 1.54) is 25.7 Å². The predicted molar refractivity (Wildman–Crippen MR) is 81.9 cm³/mol. The minimum Gasteiger partial charge on any atom is -0.466 e. The van der Waals surface area contributed by atoms with Crippen LogP contribution in [0.3, 0.4) is 0 Å². The molecule has 0 N–H and O–H groups in total. The predicted octanol–water partition coefficient (Wildman–Crippen LogP) is 4.16. The van der Waals surface area contributed by atoms with Crippen molar-refractivity contribution in [1.29, 1.82) is 0 Å². The molecule has 0 aromatic heterocycles. The van der Waals surface area contributed by atoms with Crippen molar-refractivity contribution in [2.75, 3.05) is 13.2 Å². The van der Waals surface area contributed by atoms with Crippen LogP contribution < -0.4 is 0 Å². The lowest BCUT2D eigenvalue weighted by molar-refractivity contribution is -0.144. The first-order valence-electron chi connectivity index (χ1n) is 8.60. The maximum Gasteiger partial charge on any atom is 0.305 e. The highest BCUT2D eigenvalue weighted by molar-refractivity contribution is 5.69. The molecule has 1 aliphatic heterocycles. The molecule has 122 valence electrons. The van der Waals surface area contributed by atoms with Crippen LogP contribution in [0.15, 0.2) is 0 Å². The fraction of sp³-hybridized carbons (Fsp3) is 0.882. The third kappa shape index (κ3) is 11.3. The highest BCUT2D eigenvalue weighted by atomic mass is 16.5. The average Bonchev–Trinajstić information content (AvgIpc) is 2.47. The van der Waals surface area contributed by atoms with Crippen molar-refractivity contribution in [1.82, 2.24) is 0 Å². The van der Waals surface area contributed by atoms with Crippen molar-refractivity contribution < 1.29 is 19.1 Å². The second kappa shape index (κ2) is 12.7. The summed E-state index contributed by atoms with van der Waals surface area (Å²) in [5.41, 5.74) is 0. The Balaban J connectivity index is 2.19. The molecule has 4 heteroatoms. The summed E-state index contributed by atoms with van der Waals surface area (Å²) in [6.45, 7) is 0.986. The SMILES string of the molecule is O=C1CCCCCCCCCCC(=O)OCCCCCO1. The molecule has 0 aliphatic carbocycles. The number of hydrogen-bond donors (Lipinski definition) is 0. The Kier molecular flexibility index (Phi) is 10.8. The molecule has 4 nitrogen and oxygen atoms in total. The largest absolute Gasteiger partial charge is 0.466 e. The molecule has 0 bridgehead atoms. The second-order valence-corrected chi connectivity index (χ2v) is 5.83. The summed E-state index contributed by atoms with van der Waals surface area (Å²) in [4.78, 5) is 22.9. The number of rotatable bonds is 0. The van der Waals surface area contributed by atoms with Gasteiger partial charge in [-0.1, -0.05) is 38.5 Å². The molecule has 1 saturated heterocycles. The van der Waals surface area contributed by atoms with Gasteiger partial charge in [-0.25, -0.2) is 0 Å². The Labute approximate surface area is 128 Å². The Bertz CT molecular complexity index is 261. The quantitative estimate of drug-likeness (QED) is 0.630. The minimum absolute atomic E-state index is 0.0701. The summed E-state index contributed by atoms with van der Waals surface area (Å²) in [7, 11) is 0. The zero-order chi connectivity index (χ0) is 15.2. The first-order chi connectivity index (χ1) is 10.3. The van der Waals surface area contributed by atoms with Crippen LogP contribution in [0.2, 0.25) is 0 Å². The molecular weight excluding hydrogens is 268 g/mol. The van der Waals surface area contributed by atoms with Crippen LogP contribution in [0.25, 0.3) is 0 Å². The maximum atomic E-state index is 11.5. The molecule has 1 rings (SSSR count). The van der Waals surface area contributed by atoms with Crippen LogP contribution in [0.1, 0.15) is 83.5 Å². The molecule has 1 fully saturated rings. The molecule has 0 saturated carbocycles. The van der Waals surface area contributed by atoms with Crippen molar-refractivity contribution in [3.05, 3.63) is 0 Å². The number of carbonyl (C=O) groups is 2. The fourth-order valence-electron chi connectivity index (χ4n) is 2.50. The average molecular weight is 298 g/mol. The normalized spacial score (nSPS) is 22.3. The second-order valence-electron chi connectivity index (χ2n) is 5.83. The Hall–Kier alpha value is -1.06. The molecular formula is C17H30O4. The molecule has 0 atom stereocenters. The zero-order valence-corrected chi connectivity index (χ0v) is 13.2. The lowest BCUT2D eigenvalue weighted by Crippen LogP contribution is -2.07. The van der Waals surface area contributed by atoms with Crippen LogP contribution in [-0.4, -0.2) is 25.2 Å². The van der Waals surface area contributed by atoms with Gasteiger partial charge in [0.05, 0.1) is 13.2 Å². The van der Waals surface area contributed by atoms with Crippen molar-refractivity contribution in [3.63, 3.8) is 0 Å². The van der Waals surface area contributed by atoms with Gasteiger partial charge in [0.25, 0.3) is 0 Å². The van der Waals surface area contributed by atoms with Gasteiger partial charge in [-0.15, -0.1) is 0 Å². The molecule has 0 aromatic rings. The van der Waals surface area contributed by atoms with Gasteiger partial charge in [0.2, 0.25) is 0 Å². The van der Waals surface area contributed by atoms with Gasteiger partial charge in [0.1, 0.15) is 0 Å². The lowest BCUT2D eigenvalue weighted by atomic mass is 10.1. The summed E-state index contributed by atoms with van der Waals surface area (Å²) in [6.07, 6.45) is 12.7. The van der Waals surface area contributed by atoms with Gasteiger partial charge in [0.15, 0.2) is 0 Å². The van der Waals surface area contributed by atoms with Gasteiger partial charge < -0.3 is 9.47 Å². The van der Waals surface area contributed by atoms with Gasteiger partial charge in [-0.05, 0) is 32.1 Å². The molecule has 21 heavy (non-hydrogen) atoms. The number of ether oxygens (including phenoxy) is 2. The number of carbonyl (C=O) groups excluding carboxylic acids is 2. The monoisotopic (exact) mass is 298 g/mol. The molecule has 1 heterocycles. The highest BCUT2D eigenvalue weighted by Gasteiger charge is 2.05. The van der Waals surface area contributed by atoms with Crippen molar-refractivity contribution in [2.24, 2.45) is 0 Å². The fourth-order valence-corrected chi connectivity index (χ4v) is 2.50. The van der Waals surface area contributed by atoms with Crippen molar-refractivity contribution in [3.8, 4) is 0 Å². The lowest BCUT2D eigenvalue weighted by Gasteiger charge is -2.06. The molecule has 0 radical (unpaired) electrons. The van der Waals surface area contributed by atoms with Gasteiger partial charge in [0, 0.05) is 12.8 Å². The maximum absolute atomic E-state index is 11.5. The molecule has 0 aromatic carbocycles. The van der Waals surface area contributed by atoms with E-state index in [0.717, 1.165) is 44.9 Å². The van der Waals surface area contributed by atoms with E-state index in [2.05, 4.69) is 0 Å². The third-order valence-electron chi connectivity index (χ3n) is 3.83. The van der Waals surface area contributed by atoms with Crippen LogP contribution >= 0.6 is 0 Å². The van der Waals surface area contributed by atoms with Crippen LogP contribution in [0.5, 0.6) is 0 Å². The van der Waals surface area contributed by atoms with E-state index in [1.807, 2.05) is 0 Å². The Morgan fingerprint density at radius 1 is 0.476 bits per heavy atom. The summed E-state index contributed by atoms with van der Waals surface area (Å²) < 4.78 is 10.4. The van der Waals surface area contributed by atoms with E-state index >= 15 is 0 Å². The van der Waals surface area contributed by atoms with Crippen LogP contribution in [-0.2, 0) is 19.1 Å². The number of esters is 2. The number of hydrogen-bond acceptors (Lipinski definition) is 4. The van der Waals surface area contributed by atoms with Crippen molar-refractivity contribution >= 4 is 11.9 Å². The van der Waals surface area contributed by atoms with E-state index in [1.54, 1.807) is 0 Å². The van der Waals surface area contributed by atoms with Crippen LogP contribution in [0.4, 0.5) is 0 Å². The van der Waals surface area contributed by atoms with Gasteiger partial charge in [-0.3, -0.25) is 9.59 Å². The molecule has 0 unspecified atom stereocenters. The smallest absolute Gasteiger partial charge is 0.305 e. The van der Waals surface area contributed by atoms with E-state index in [-0.39, 0.29) is 11.9 Å². The van der Waals surface area contributed by atoms with E-state index in [0.29, 0.717) is 26.1 Å². The minimum atomic E-state index is -0.0701. The Morgan fingerprint density at radius 2 is 0.810 bits per heavy atom. The zero-order valence-electron chi connectivity index (χ0n) is 13.2. The standard InChI is InChI=1S/C17H30O4/c18-16-12-8-5-3-1-2-4-6-9-13-17(19)21-15-11-7-10-14-20-16/h1-15H2. The van der Waals surface area contributed by atoms with Gasteiger partial charge in [-0.2, -0.15) is 0 Å². The van der Waals surface area contributed by atoms with Gasteiger partial charge >= 0.3 is 11.9 Å². The van der Waals surface area contributed by atoms with E-state index < -0.39 is 0 Å². The summed E-state index contributed by atoms with van der Waals surface area (Å²) in [6, 6.07) is 0. The summed E-state index contributed by atoms with van der Waals surface area (Å²) in [5.74, 6) is -0.140. The van der Waals surface area contributed by atoms with Crippen LogP contribution in [0, 0.1) is 0 Å².